The predicted octanol–water partition coefficient (Wildman–Crippen LogP) is 2.96. The summed E-state index contributed by atoms with van der Waals surface area (Å²) in [7, 11) is 1.56. The fraction of sp³-hybridized carbons (Fsp3) is 0.0714. The van der Waals surface area contributed by atoms with E-state index in [4.69, 9.17) is 10.5 Å². The van der Waals surface area contributed by atoms with E-state index in [0.717, 1.165) is 16.5 Å². The number of ether oxygens (including phenoxy) is 1. The van der Waals surface area contributed by atoms with Gasteiger partial charge in [-0.15, -0.1) is 0 Å². The van der Waals surface area contributed by atoms with Gasteiger partial charge in [-0.25, -0.2) is 4.39 Å². The fourth-order valence-corrected chi connectivity index (χ4v) is 2.11. The van der Waals surface area contributed by atoms with Crippen LogP contribution in [-0.2, 0) is 0 Å². The molecule has 0 aliphatic rings. The highest BCUT2D eigenvalue weighted by atomic mass is 19.1. The summed E-state index contributed by atoms with van der Waals surface area (Å²) in [4.78, 5) is 0. The molecular weight excluding hydrogens is 245 g/mol. The van der Waals surface area contributed by atoms with Crippen LogP contribution in [0.15, 0.2) is 36.4 Å². The highest BCUT2D eigenvalue weighted by molar-refractivity contribution is 5.92. The Bertz CT molecular complexity index is 752. The summed E-state index contributed by atoms with van der Waals surface area (Å²) in [6.45, 7) is 0. The molecule has 2 aromatic carbocycles. The summed E-state index contributed by atoms with van der Waals surface area (Å²) in [6.07, 6.45) is 0. The van der Waals surface area contributed by atoms with Crippen molar-refractivity contribution in [3.05, 3.63) is 42.2 Å². The molecule has 0 aliphatic carbocycles. The van der Waals surface area contributed by atoms with Gasteiger partial charge in [0.2, 0.25) is 0 Å². The van der Waals surface area contributed by atoms with Gasteiger partial charge >= 0.3 is 0 Å². The minimum atomic E-state index is -0.309. The first kappa shape index (κ1) is 11.5. The number of nitrogen functional groups attached to an aromatic ring is 1. The number of hydrogen-bond acceptors (Lipinski definition) is 3. The van der Waals surface area contributed by atoms with Gasteiger partial charge in [-0.2, -0.15) is 5.10 Å². The lowest BCUT2D eigenvalue weighted by Gasteiger charge is -2.08. The van der Waals surface area contributed by atoms with E-state index >= 15 is 0 Å². The first-order valence-corrected chi connectivity index (χ1v) is 5.76. The van der Waals surface area contributed by atoms with Crippen molar-refractivity contribution in [3.63, 3.8) is 0 Å². The SMILES string of the molecule is COc1ccc(F)cc1-c1ccc2[nH]nc(N)c2c1. The van der Waals surface area contributed by atoms with Crippen LogP contribution in [0.2, 0.25) is 0 Å². The maximum atomic E-state index is 13.4. The van der Waals surface area contributed by atoms with Crippen LogP contribution in [0.4, 0.5) is 10.2 Å². The number of fused-ring (bicyclic) bond motifs is 1. The van der Waals surface area contributed by atoms with E-state index in [1.165, 1.54) is 12.1 Å². The predicted molar refractivity (Wildman–Crippen MR) is 72.5 cm³/mol. The molecule has 0 fully saturated rings. The van der Waals surface area contributed by atoms with Crippen molar-refractivity contribution in [3.8, 4) is 16.9 Å². The number of aromatic amines is 1. The fourth-order valence-electron chi connectivity index (χ4n) is 2.11. The molecule has 0 atom stereocenters. The number of nitrogens with two attached hydrogens (primary N) is 1. The van der Waals surface area contributed by atoms with Crippen molar-refractivity contribution in [2.24, 2.45) is 0 Å². The third-order valence-electron chi connectivity index (χ3n) is 3.06. The number of nitrogens with zero attached hydrogens (tertiary/aromatic N) is 1. The number of nitrogens with one attached hydrogen (secondary N) is 1. The Hall–Kier alpha value is -2.56. The molecule has 0 unspecified atom stereocenters. The number of rotatable bonds is 2. The van der Waals surface area contributed by atoms with Crippen LogP contribution in [0.25, 0.3) is 22.0 Å². The molecule has 0 aliphatic heterocycles. The normalized spacial score (nSPS) is 10.8. The maximum Gasteiger partial charge on any atom is 0.153 e. The summed E-state index contributed by atoms with van der Waals surface area (Å²) in [5.74, 6) is 0.728. The zero-order valence-electron chi connectivity index (χ0n) is 10.3. The highest BCUT2D eigenvalue weighted by Gasteiger charge is 2.10. The van der Waals surface area contributed by atoms with Crippen LogP contribution in [-0.4, -0.2) is 17.3 Å². The van der Waals surface area contributed by atoms with Gasteiger partial charge in [-0.3, -0.25) is 5.10 Å². The Labute approximate surface area is 109 Å². The van der Waals surface area contributed by atoms with Crippen molar-refractivity contribution in [1.82, 2.24) is 10.2 Å². The first-order valence-electron chi connectivity index (χ1n) is 5.76. The molecule has 5 heteroatoms. The molecule has 1 heterocycles. The largest absolute Gasteiger partial charge is 0.496 e. The van der Waals surface area contributed by atoms with Crippen LogP contribution in [0, 0.1) is 5.82 Å². The van der Waals surface area contributed by atoms with Gasteiger partial charge < -0.3 is 10.5 Å². The monoisotopic (exact) mass is 257 g/mol. The summed E-state index contributed by atoms with van der Waals surface area (Å²) < 4.78 is 18.7. The van der Waals surface area contributed by atoms with Crippen molar-refractivity contribution in [2.75, 3.05) is 12.8 Å². The Morgan fingerprint density at radius 3 is 2.84 bits per heavy atom. The van der Waals surface area contributed by atoms with Gasteiger partial charge in [0.25, 0.3) is 0 Å². The molecule has 0 saturated carbocycles. The number of methoxy groups -OCH3 is 1. The van der Waals surface area contributed by atoms with Crippen LogP contribution in [0.5, 0.6) is 5.75 Å². The smallest absolute Gasteiger partial charge is 0.153 e. The molecule has 0 radical (unpaired) electrons. The van der Waals surface area contributed by atoms with E-state index in [2.05, 4.69) is 10.2 Å². The zero-order valence-corrected chi connectivity index (χ0v) is 10.3. The van der Waals surface area contributed by atoms with E-state index in [0.29, 0.717) is 17.1 Å². The Morgan fingerprint density at radius 2 is 2.05 bits per heavy atom. The van der Waals surface area contributed by atoms with Gasteiger partial charge in [0.1, 0.15) is 11.6 Å². The van der Waals surface area contributed by atoms with E-state index in [-0.39, 0.29) is 5.82 Å². The summed E-state index contributed by atoms with van der Waals surface area (Å²) in [5.41, 5.74) is 8.14. The third-order valence-corrected chi connectivity index (χ3v) is 3.06. The van der Waals surface area contributed by atoms with E-state index in [9.17, 15) is 4.39 Å². The van der Waals surface area contributed by atoms with Crippen LogP contribution < -0.4 is 10.5 Å². The second-order valence-electron chi connectivity index (χ2n) is 4.21. The Kier molecular flexibility index (Phi) is 2.59. The second kappa shape index (κ2) is 4.28. The molecule has 0 amide bonds. The highest BCUT2D eigenvalue weighted by Crippen LogP contribution is 2.33. The molecule has 0 saturated heterocycles. The molecule has 4 nitrogen and oxygen atoms in total. The Morgan fingerprint density at radius 1 is 1.21 bits per heavy atom. The molecule has 0 bridgehead atoms. The molecule has 3 rings (SSSR count). The maximum absolute atomic E-state index is 13.4. The van der Waals surface area contributed by atoms with Crippen LogP contribution in [0.1, 0.15) is 0 Å². The lowest BCUT2D eigenvalue weighted by Crippen LogP contribution is -1.89. The van der Waals surface area contributed by atoms with Crippen molar-refractivity contribution in [1.29, 1.82) is 0 Å². The molecule has 3 N–H and O–H groups in total. The minimum Gasteiger partial charge on any atom is -0.496 e. The number of hydrogen-bond donors (Lipinski definition) is 2. The van der Waals surface area contributed by atoms with Crippen LogP contribution in [0.3, 0.4) is 0 Å². The van der Waals surface area contributed by atoms with Crippen molar-refractivity contribution >= 4 is 16.7 Å². The molecular formula is C14H12FN3O. The molecule has 0 spiro atoms. The van der Waals surface area contributed by atoms with Gasteiger partial charge in [0.15, 0.2) is 5.82 Å². The molecule has 19 heavy (non-hydrogen) atoms. The summed E-state index contributed by atoms with van der Waals surface area (Å²) >= 11 is 0. The average molecular weight is 257 g/mol. The molecule has 1 aromatic heterocycles. The summed E-state index contributed by atoms with van der Waals surface area (Å²) in [5, 5.41) is 7.57. The van der Waals surface area contributed by atoms with Gasteiger partial charge in [0, 0.05) is 10.9 Å². The summed E-state index contributed by atoms with van der Waals surface area (Å²) in [6, 6.07) is 10.0. The van der Waals surface area contributed by atoms with Crippen molar-refractivity contribution in [2.45, 2.75) is 0 Å². The lowest BCUT2D eigenvalue weighted by molar-refractivity contribution is 0.415. The average Bonchev–Trinajstić information content (AvgIpc) is 2.80. The van der Waals surface area contributed by atoms with Crippen molar-refractivity contribution < 1.29 is 9.13 Å². The van der Waals surface area contributed by atoms with Gasteiger partial charge in [0.05, 0.1) is 12.6 Å². The number of aromatic nitrogens is 2. The molecule has 96 valence electrons. The number of halogens is 1. The Balaban J connectivity index is 2.23. The van der Waals surface area contributed by atoms with E-state index < -0.39 is 0 Å². The lowest BCUT2D eigenvalue weighted by atomic mass is 10.0. The standard InChI is InChI=1S/C14H12FN3O/c1-19-13-5-3-9(15)7-10(13)8-2-4-12-11(6-8)14(16)18-17-12/h2-7H,1H3,(H3,16,17,18). The number of H-pyrrole nitrogens is 1. The number of anilines is 1. The topological polar surface area (TPSA) is 63.9 Å². The van der Waals surface area contributed by atoms with Gasteiger partial charge in [-0.05, 0) is 35.9 Å². The first-order chi connectivity index (χ1) is 9.19. The zero-order chi connectivity index (χ0) is 13.4. The second-order valence-corrected chi connectivity index (χ2v) is 4.21. The third kappa shape index (κ3) is 1.89. The quantitative estimate of drug-likeness (QED) is 0.741. The van der Waals surface area contributed by atoms with E-state index in [1.807, 2.05) is 18.2 Å². The van der Waals surface area contributed by atoms with Crippen LogP contribution >= 0.6 is 0 Å². The van der Waals surface area contributed by atoms with Gasteiger partial charge in [-0.1, -0.05) is 6.07 Å². The van der Waals surface area contributed by atoms with E-state index in [1.54, 1.807) is 13.2 Å². The number of benzene rings is 2. The minimum absolute atomic E-state index is 0.309. The molecule has 3 aromatic rings.